The SMILES string of the molecule is O=c1[nH]c2ccccc2s1.O=c1[nH]ncc2ccccc12. The van der Waals surface area contributed by atoms with Gasteiger partial charge in [0.2, 0.25) is 0 Å². The van der Waals surface area contributed by atoms with E-state index in [4.69, 9.17) is 0 Å². The Bertz CT molecular complexity index is 959. The maximum Gasteiger partial charge on any atom is 0.305 e. The second kappa shape index (κ2) is 5.72. The van der Waals surface area contributed by atoms with E-state index in [1.165, 1.54) is 11.3 Å². The highest BCUT2D eigenvalue weighted by Crippen LogP contribution is 2.11. The molecule has 2 heterocycles. The van der Waals surface area contributed by atoms with Crippen LogP contribution >= 0.6 is 11.3 Å². The fraction of sp³-hybridized carbons (Fsp3) is 0. The third-order valence-electron chi connectivity index (χ3n) is 2.90. The van der Waals surface area contributed by atoms with Crippen molar-refractivity contribution >= 4 is 32.3 Å². The molecule has 0 aliphatic rings. The van der Waals surface area contributed by atoms with E-state index in [0.717, 1.165) is 15.6 Å². The summed E-state index contributed by atoms with van der Waals surface area (Å²) in [6, 6.07) is 15.0. The van der Waals surface area contributed by atoms with E-state index in [1.54, 1.807) is 12.3 Å². The Morgan fingerprint density at radius 2 is 1.71 bits per heavy atom. The number of hydrogen-bond donors (Lipinski definition) is 2. The van der Waals surface area contributed by atoms with Crippen LogP contribution in [0.15, 0.2) is 64.3 Å². The van der Waals surface area contributed by atoms with E-state index in [2.05, 4.69) is 15.2 Å². The minimum atomic E-state index is -0.136. The van der Waals surface area contributed by atoms with Crippen LogP contribution in [0.1, 0.15) is 0 Å². The van der Waals surface area contributed by atoms with Gasteiger partial charge in [0, 0.05) is 10.8 Å². The number of nitrogens with zero attached hydrogens (tertiary/aromatic N) is 1. The average Bonchev–Trinajstić information content (AvgIpc) is 2.88. The number of hydrogen-bond acceptors (Lipinski definition) is 4. The maximum atomic E-state index is 11.1. The number of aromatic nitrogens is 3. The van der Waals surface area contributed by atoms with Crippen LogP contribution in [0.25, 0.3) is 21.0 Å². The Morgan fingerprint density at radius 1 is 0.952 bits per heavy atom. The summed E-state index contributed by atoms with van der Waals surface area (Å²) < 4.78 is 1.02. The molecular formula is C15H11N3O2S. The molecular weight excluding hydrogens is 286 g/mol. The van der Waals surface area contributed by atoms with Crippen molar-refractivity contribution in [2.45, 2.75) is 0 Å². The maximum absolute atomic E-state index is 11.1. The summed E-state index contributed by atoms with van der Waals surface area (Å²) >= 11 is 1.24. The van der Waals surface area contributed by atoms with Gasteiger partial charge in [-0.15, -0.1) is 0 Å². The molecule has 0 saturated heterocycles. The zero-order chi connectivity index (χ0) is 14.7. The van der Waals surface area contributed by atoms with E-state index in [-0.39, 0.29) is 10.4 Å². The van der Waals surface area contributed by atoms with Crippen LogP contribution in [-0.4, -0.2) is 15.2 Å². The summed E-state index contributed by atoms with van der Waals surface area (Å²) in [5.74, 6) is 0. The van der Waals surface area contributed by atoms with Gasteiger partial charge in [-0.3, -0.25) is 9.59 Å². The fourth-order valence-electron chi connectivity index (χ4n) is 1.93. The summed E-state index contributed by atoms with van der Waals surface area (Å²) in [7, 11) is 0. The second-order valence-corrected chi connectivity index (χ2v) is 5.31. The number of thiazole rings is 1. The predicted molar refractivity (Wildman–Crippen MR) is 84.8 cm³/mol. The smallest absolute Gasteiger partial charge is 0.305 e. The summed E-state index contributed by atoms with van der Waals surface area (Å²) in [5, 5.41) is 7.60. The topological polar surface area (TPSA) is 78.6 Å². The molecule has 4 rings (SSSR count). The monoisotopic (exact) mass is 297 g/mol. The van der Waals surface area contributed by atoms with Gasteiger partial charge >= 0.3 is 4.87 Å². The highest BCUT2D eigenvalue weighted by Gasteiger charge is 1.94. The van der Waals surface area contributed by atoms with Crippen LogP contribution in [0, 0.1) is 0 Å². The minimum Gasteiger partial charge on any atom is -0.312 e. The highest BCUT2D eigenvalue weighted by atomic mass is 32.1. The summed E-state index contributed by atoms with van der Waals surface area (Å²) in [6.07, 6.45) is 1.64. The Kier molecular flexibility index (Phi) is 3.61. The van der Waals surface area contributed by atoms with Gasteiger partial charge in [0.15, 0.2) is 0 Å². The molecule has 0 atom stereocenters. The molecule has 2 N–H and O–H groups in total. The number of para-hydroxylation sites is 1. The molecule has 0 unspecified atom stereocenters. The third kappa shape index (κ3) is 2.90. The third-order valence-corrected chi connectivity index (χ3v) is 3.76. The van der Waals surface area contributed by atoms with Crippen molar-refractivity contribution in [2.75, 3.05) is 0 Å². The van der Waals surface area contributed by atoms with Crippen LogP contribution in [0.5, 0.6) is 0 Å². The second-order valence-electron chi connectivity index (χ2n) is 4.30. The largest absolute Gasteiger partial charge is 0.312 e. The zero-order valence-electron chi connectivity index (χ0n) is 10.9. The Hall–Kier alpha value is -2.73. The normalized spacial score (nSPS) is 10.3. The molecule has 0 aliphatic heterocycles. The number of rotatable bonds is 0. The van der Waals surface area contributed by atoms with E-state index >= 15 is 0 Å². The van der Waals surface area contributed by atoms with E-state index in [9.17, 15) is 9.59 Å². The van der Waals surface area contributed by atoms with Gasteiger partial charge < -0.3 is 4.98 Å². The van der Waals surface area contributed by atoms with Crippen molar-refractivity contribution in [1.29, 1.82) is 0 Å². The van der Waals surface area contributed by atoms with Crippen molar-refractivity contribution in [3.63, 3.8) is 0 Å². The molecule has 21 heavy (non-hydrogen) atoms. The number of H-pyrrole nitrogens is 2. The van der Waals surface area contributed by atoms with Crippen molar-refractivity contribution < 1.29 is 0 Å². The lowest BCUT2D eigenvalue weighted by molar-refractivity contribution is 1.01. The first-order valence-electron chi connectivity index (χ1n) is 6.24. The molecule has 4 aromatic rings. The first-order valence-corrected chi connectivity index (χ1v) is 7.06. The Balaban J connectivity index is 0.000000126. The standard InChI is InChI=1S/C8H6N2O.C7H5NOS/c11-8-7-4-2-1-3-6(7)5-9-10-8;9-7-8-5-3-1-2-4-6(5)10-7/h1-5H,(H,10,11);1-4H,(H,8,9). The first kappa shape index (κ1) is 13.3. The van der Waals surface area contributed by atoms with Gasteiger partial charge in [-0.2, -0.15) is 5.10 Å². The number of aromatic amines is 2. The predicted octanol–water partition coefficient (Wildman–Crippen LogP) is 2.51. The van der Waals surface area contributed by atoms with Gasteiger partial charge in [-0.25, -0.2) is 5.10 Å². The molecule has 0 spiro atoms. The van der Waals surface area contributed by atoms with Crippen LogP contribution in [-0.2, 0) is 0 Å². The molecule has 0 amide bonds. The Labute approximate surface area is 122 Å². The van der Waals surface area contributed by atoms with Gasteiger partial charge in [-0.1, -0.05) is 41.7 Å². The summed E-state index contributed by atoms with van der Waals surface area (Å²) in [6.45, 7) is 0. The zero-order valence-corrected chi connectivity index (χ0v) is 11.7. The van der Waals surface area contributed by atoms with Gasteiger partial charge in [0.1, 0.15) is 0 Å². The van der Waals surface area contributed by atoms with Gasteiger partial charge in [-0.05, 0) is 18.2 Å². The lowest BCUT2D eigenvalue weighted by Crippen LogP contribution is -2.06. The van der Waals surface area contributed by atoms with Crippen molar-refractivity contribution in [1.82, 2.24) is 15.2 Å². The van der Waals surface area contributed by atoms with Crippen molar-refractivity contribution in [2.24, 2.45) is 0 Å². The van der Waals surface area contributed by atoms with Gasteiger partial charge in [0.25, 0.3) is 5.56 Å². The van der Waals surface area contributed by atoms with E-state index in [0.29, 0.717) is 5.39 Å². The number of fused-ring (bicyclic) bond motifs is 2. The van der Waals surface area contributed by atoms with Crippen LogP contribution in [0.3, 0.4) is 0 Å². The van der Waals surface area contributed by atoms with Crippen molar-refractivity contribution in [3.05, 3.63) is 74.7 Å². The summed E-state index contributed by atoms with van der Waals surface area (Å²) in [4.78, 5) is 24.5. The quantitative estimate of drug-likeness (QED) is 0.523. The molecule has 0 saturated carbocycles. The molecule has 0 fully saturated rings. The van der Waals surface area contributed by atoms with Crippen molar-refractivity contribution in [3.8, 4) is 0 Å². The minimum absolute atomic E-state index is 0.0150. The molecule has 0 bridgehead atoms. The van der Waals surface area contributed by atoms with Gasteiger partial charge in [0.05, 0.1) is 16.4 Å². The molecule has 0 radical (unpaired) electrons. The molecule has 0 aliphatic carbocycles. The molecule has 104 valence electrons. The lowest BCUT2D eigenvalue weighted by Gasteiger charge is -1.91. The fourth-order valence-corrected chi connectivity index (χ4v) is 2.67. The highest BCUT2D eigenvalue weighted by molar-refractivity contribution is 7.16. The summed E-state index contributed by atoms with van der Waals surface area (Å²) in [5.41, 5.74) is 0.792. The number of benzene rings is 2. The van der Waals surface area contributed by atoms with Crippen LogP contribution in [0.4, 0.5) is 0 Å². The molecule has 2 aromatic carbocycles. The molecule has 6 heteroatoms. The van der Waals surface area contributed by atoms with E-state index in [1.807, 2.05) is 42.5 Å². The molecule has 5 nitrogen and oxygen atoms in total. The first-order chi connectivity index (χ1) is 10.2. The molecule has 2 aromatic heterocycles. The number of nitrogens with one attached hydrogen (secondary N) is 2. The van der Waals surface area contributed by atoms with Crippen LogP contribution in [0.2, 0.25) is 0 Å². The van der Waals surface area contributed by atoms with Crippen LogP contribution < -0.4 is 10.4 Å². The lowest BCUT2D eigenvalue weighted by atomic mass is 10.2. The average molecular weight is 297 g/mol. The van der Waals surface area contributed by atoms with E-state index < -0.39 is 0 Å². The Morgan fingerprint density at radius 3 is 2.52 bits per heavy atom.